The number of aromatic nitrogens is 4. The molecule has 8 atom stereocenters. The van der Waals surface area contributed by atoms with Crippen molar-refractivity contribution in [3.05, 3.63) is 45.5 Å². The molecule has 6 N–H and O–H groups in total. The fraction of sp³-hybridized carbons (Fsp3) is 0.619. The molecule has 5 heterocycles. The summed E-state index contributed by atoms with van der Waals surface area (Å²) in [6, 6.07) is 2.78. The highest BCUT2D eigenvalue weighted by atomic mass is 32.7. The van der Waals surface area contributed by atoms with Gasteiger partial charge in [0.2, 0.25) is 0 Å². The minimum atomic E-state index is -4.27. The predicted molar refractivity (Wildman–Crippen MR) is 138 cm³/mol. The monoisotopic (exact) mass is 604 g/mol. The summed E-state index contributed by atoms with van der Waals surface area (Å²) >= 11 is 4.09. The molecule has 2 aromatic heterocycles. The maximum absolute atomic E-state index is 13.4. The normalized spacial score (nSPS) is 34.0. The van der Waals surface area contributed by atoms with Gasteiger partial charge in [0.05, 0.1) is 39.1 Å². The summed E-state index contributed by atoms with van der Waals surface area (Å²) in [5.74, 6) is 0.0227. The van der Waals surface area contributed by atoms with Crippen molar-refractivity contribution in [1.82, 2.24) is 19.1 Å². The summed E-state index contributed by atoms with van der Waals surface area (Å²) in [6.45, 7) is -4.35. The summed E-state index contributed by atoms with van der Waals surface area (Å²) in [7, 11) is 0. The molecule has 0 saturated carbocycles. The zero-order valence-electron chi connectivity index (χ0n) is 21.1. The largest absolute Gasteiger partial charge is 0.393 e. The molecule has 17 nitrogen and oxygen atoms in total. The van der Waals surface area contributed by atoms with E-state index in [0.717, 1.165) is 9.13 Å². The number of thiol groups is 1. The number of rotatable bonds is 9. The van der Waals surface area contributed by atoms with Gasteiger partial charge >= 0.3 is 18.2 Å². The molecule has 0 spiro atoms. The van der Waals surface area contributed by atoms with Gasteiger partial charge in [-0.25, -0.2) is 14.2 Å². The first kappa shape index (κ1) is 29.1. The van der Waals surface area contributed by atoms with Crippen LogP contribution in [0.1, 0.15) is 19.4 Å². The van der Waals surface area contributed by atoms with Crippen molar-refractivity contribution in [3.63, 3.8) is 0 Å². The van der Waals surface area contributed by atoms with Crippen LogP contribution in [0.5, 0.6) is 0 Å². The molecule has 2 bridgehead atoms. The van der Waals surface area contributed by atoms with E-state index in [9.17, 15) is 24.4 Å². The van der Waals surface area contributed by atoms with Crippen molar-refractivity contribution in [1.29, 1.82) is 0 Å². The molecular weight excluding hydrogens is 575 g/mol. The smallest absolute Gasteiger partial charge is 0.386 e. The standard InChI is InChI=1S/C21H29N6O11PS/c1-11(29)21(8-33-6-14(36-21)26-4-2-12(22)24-18(26)30)10-35-39(32,40)38-16-15-17(37-20(16,7-28)9-34-15)27-5-3-13(23)25-19(27)31/h2-5,11,14-17,28-29H,6-10H2,1H3,(H,32,40)(H2,22,24,30)(H2,23,25,31)/t11-,14-,15+,16?,17-,20-,21+,39?/m1/s1. The van der Waals surface area contributed by atoms with Crippen LogP contribution in [0.3, 0.4) is 0 Å². The SMILES string of the molecule is C[C@@H](O)[C@@]1(COP(=O)(S)OC2[C@@H]3OC[C@@]2(CO)O[C@H]3n2ccc(N)nc2=O)COC[C@H](n2ccc(N)nc2=O)O1. The number of nitrogens with two attached hydrogens (primary N) is 2. The molecule has 0 radical (unpaired) electrons. The second kappa shape index (κ2) is 10.8. The zero-order valence-corrected chi connectivity index (χ0v) is 22.9. The van der Waals surface area contributed by atoms with Gasteiger partial charge in [0.1, 0.15) is 35.0 Å². The van der Waals surface area contributed by atoms with Crippen LogP contribution < -0.4 is 22.8 Å². The number of ether oxygens (including phenoxy) is 4. The van der Waals surface area contributed by atoms with Gasteiger partial charge in [-0.15, -0.1) is 0 Å². The number of aliphatic hydroxyl groups excluding tert-OH is 2. The average Bonchev–Trinajstić information content (AvgIpc) is 3.39. The van der Waals surface area contributed by atoms with Crippen molar-refractivity contribution in [2.45, 2.75) is 48.9 Å². The number of hydrogen-bond acceptors (Lipinski definition) is 15. The Morgan fingerprint density at radius 3 is 2.42 bits per heavy atom. The Balaban J connectivity index is 1.32. The molecule has 40 heavy (non-hydrogen) atoms. The van der Waals surface area contributed by atoms with Crippen LogP contribution in [0.15, 0.2) is 34.1 Å². The molecule has 3 aliphatic rings. The van der Waals surface area contributed by atoms with Crippen molar-refractivity contribution in [2.24, 2.45) is 0 Å². The maximum atomic E-state index is 13.4. The van der Waals surface area contributed by atoms with E-state index in [-0.39, 0.29) is 31.5 Å². The Bertz CT molecular complexity index is 1430. The molecule has 0 amide bonds. The van der Waals surface area contributed by atoms with Gasteiger partial charge < -0.3 is 40.6 Å². The van der Waals surface area contributed by atoms with Crippen molar-refractivity contribution in [3.8, 4) is 0 Å². The third kappa shape index (κ3) is 5.32. The van der Waals surface area contributed by atoms with E-state index in [2.05, 4.69) is 22.2 Å². The number of fused-ring (bicyclic) bond motifs is 2. The summed E-state index contributed by atoms with van der Waals surface area (Å²) in [5, 5.41) is 20.7. The average molecular weight is 605 g/mol. The number of nitrogen functional groups attached to an aromatic ring is 2. The van der Waals surface area contributed by atoms with Gasteiger partial charge in [0.15, 0.2) is 12.5 Å². The zero-order chi connectivity index (χ0) is 28.9. The molecule has 220 valence electrons. The van der Waals surface area contributed by atoms with Gasteiger partial charge in [-0.3, -0.25) is 18.2 Å². The van der Waals surface area contributed by atoms with Gasteiger partial charge in [-0.2, -0.15) is 9.97 Å². The molecule has 3 saturated heterocycles. The minimum absolute atomic E-state index is 0.00369. The molecule has 0 aliphatic carbocycles. The molecule has 19 heteroatoms. The number of aliphatic hydroxyl groups is 2. The van der Waals surface area contributed by atoms with Crippen molar-refractivity contribution >= 4 is 30.7 Å². The van der Waals surface area contributed by atoms with Crippen LogP contribution in [-0.2, 0) is 32.6 Å². The molecule has 5 rings (SSSR count). The van der Waals surface area contributed by atoms with Crippen molar-refractivity contribution < 1.29 is 42.8 Å². The minimum Gasteiger partial charge on any atom is -0.393 e. The Kier molecular flexibility index (Phi) is 7.86. The molecule has 2 unspecified atom stereocenters. The highest BCUT2D eigenvalue weighted by Crippen LogP contribution is 2.60. The van der Waals surface area contributed by atoms with Crippen LogP contribution in [0, 0.1) is 0 Å². The summed E-state index contributed by atoms with van der Waals surface area (Å²) in [6.07, 6.45) is -2.76. The Morgan fingerprint density at radius 1 is 1.18 bits per heavy atom. The maximum Gasteiger partial charge on any atom is 0.386 e. The summed E-state index contributed by atoms with van der Waals surface area (Å²) in [4.78, 5) is 32.0. The molecular formula is C21H29N6O11PS. The third-order valence-corrected chi connectivity index (χ3v) is 8.56. The number of anilines is 2. The van der Waals surface area contributed by atoms with E-state index in [1.165, 1.54) is 31.5 Å². The van der Waals surface area contributed by atoms with E-state index in [0.29, 0.717) is 0 Å². The Labute approximate surface area is 231 Å². The Morgan fingerprint density at radius 2 is 1.82 bits per heavy atom. The van der Waals surface area contributed by atoms with Crippen LogP contribution in [0.25, 0.3) is 0 Å². The first-order valence-corrected chi connectivity index (χ1v) is 14.8. The Hall–Kier alpha value is -2.38. The molecule has 2 aromatic rings. The van der Waals surface area contributed by atoms with Gasteiger partial charge in [-0.05, 0) is 19.1 Å². The topological polar surface area (TPSA) is 235 Å². The first-order chi connectivity index (χ1) is 18.9. The van der Waals surface area contributed by atoms with Crippen LogP contribution in [0.2, 0.25) is 0 Å². The lowest BCUT2D eigenvalue weighted by Crippen LogP contribution is -2.56. The van der Waals surface area contributed by atoms with E-state index < -0.39 is 73.4 Å². The van der Waals surface area contributed by atoms with E-state index in [1.807, 2.05) is 0 Å². The van der Waals surface area contributed by atoms with Gasteiger partial charge in [0, 0.05) is 12.4 Å². The highest BCUT2D eigenvalue weighted by molar-refractivity contribution is 8.44. The first-order valence-electron chi connectivity index (χ1n) is 12.1. The van der Waals surface area contributed by atoms with Crippen molar-refractivity contribution in [2.75, 3.05) is 44.5 Å². The van der Waals surface area contributed by atoms with E-state index >= 15 is 0 Å². The van der Waals surface area contributed by atoms with Crippen LogP contribution in [-0.4, -0.2) is 91.9 Å². The second-order valence-electron chi connectivity index (χ2n) is 9.69. The fourth-order valence-corrected chi connectivity index (χ4v) is 6.26. The predicted octanol–water partition coefficient (Wildman–Crippen LogP) is -1.57. The number of nitrogens with zero attached hydrogens (tertiary/aromatic N) is 4. The molecule has 0 aromatic carbocycles. The van der Waals surface area contributed by atoms with Crippen LogP contribution in [0.4, 0.5) is 11.6 Å². The second-order valence-corrected chi connectivity index (χ2v) is 12.6. The quantitative estimate of drug-likeness (QED) is 0.161. The lowest BCUT2D eigenvalue weighted by Gasteiger charge is -2.43. The van der Waals surface area contributed by atoms with E-state index in [1.54, 1.807) is 0 Å². The van der Waals surface area contributed by atoms with Gasteiger partial charge in [-0.1, -0.05) is 12.2 Å². The van der Waals surface area contributed by atoms with Gasteiger partial charge in [0.25, 0.3) is 0 Å². The fourth-order valence-electron chi connectivity index (χ4n) is 4.74. The third-order valence-electron chi connectivity index (χ3n) is 6.99. The van der Waals surface area contributed by atoms with Crippen LogP contribution >= 0.6 is 19.0 Å². The lowest BCUT2D eigenvalue weighted by molar-refractivity contribution is -0.264. The lowest BCUT2D eigenvalue weighted by atomic mass is 9.99. The highest BCUT2D eigenvalue weighted by Gasteiger charge is 2.64. The molecule has 3 fully saturated rings. The van der Waals surface area contributed by atoms with E-state index in [4.69, 9.17) is 39.5 Å². The summed E-state index contributed by atoms with van der Waals surface area (Å²) in [5.41, 5.74) is 6.61. The molecule has 3 aliphatic heterocycles. The number of hydrogen-bond donors (Lipinski definition) is 5. The summed E-state index contributed by atoms with van der Waals surface area (Å²) < 4.78 is 50.2.